The van der Waals surface area contributed by atoms with Gasteiger partial charge in [0.25, 0.3) is 5.91 Å². The van der Waals surface area contributed by atoms with E-state index in [0.29, 0.717) is 11.6 Å². The Hall–Kier alpha value is -2.48. The summed E-state index contributed by atoms with van der Waals surface area (Å²) in [5, 5.41) is 20.4. The van der Waals surface area contributed by atoms with Crippen molar-refractivity contribution in [2.75, 3.05) is 6.61 Å². The van der Waals surface area contributed by atoms with Gasteiger partial charge in [0.05, 0.1) is 6.20 Å². The Morgan fingerprint density at radius 1 is 1.46 bits per heavy atom. The Kier molecular flexibility index (Phi) is 5.05. The lowest BCUT2D eigenvalue weighted by molar-refractivity contribution is -0.124. The molecule has 3 rings (SSSR count). The van der Waals surface area contributed by atoms with Crippen molar-refractivity contribution in [3.05, 3.63) is 36.2 Å². The molecular weight excluding hydrogens is 310 g/mol. The molecule has 0 aliphatic heterocycles. The predicted molar refractivity (Wildman–Crippen MR) is 85.3 cm³/mol. The van der Waals surface area contributed by atoms with Gasteiger partial charge in [-0.05, 0) is 31.9 Å². The molecule has 1 aliphatic carbocycles. The summed E-state index contributed by atoms with van der Waals surface area (Å²) in [5.74, 6) is 2.17. The van der Waals surface area contributed by atoms with Crippen LogP contribution in [0.3, 0.4) is 0 Å². The standard InChI is InChI=1S/C16H21N5O3/c1-2-21-14(9-22)19-20-16(21)11-6-12(7-11)18-15(23)10-24-13-4-3-5-17-8-13/h3-5,8,11-12,22H,2,6-7,9-10H2,1H3,(H,18,23). The number of carbonyl (C=O) groups is 1. The number of aromatic nitrogens is 4. The van der Waals surface area contributed by atoms with E-state index in [-0.39, 0.29) is 31.1 Å². The first kappa shape index (κ1) is 16.4. The maximum atomic E-state index is 11.9. The first-order chi connectivity index (χ1) is 11.7. The van der Waals surface area contributed by atoms with Crippen LogP contribution in [0.15, 0.2) is 24.5 Å². The Balaban J connectivity index is 1.45. The van der Waals surface area contributed by atoms with E-state index in [0.717, 1.165) is 25.2 Å². The molecule has 0 radical (unpaired) electrons. The van der Waals surface area contributed by atoms with Crippen LogP contribution in [0.5, 0.6) is 5.75 Å². The highest BCUT2D eigenvalue weighted by molar-refractivity contribution is 5.78. The van der Waals surface area contributed by atoms with Crippen molar-refractivity contribution in [2.24, 2.45) is 0 Å². The monoisotopic (exact) mass is 331 g/mol. The zero-order valence-corrected chi connectivity index (χ0v) is 13.6. The van der Waals surface area contributed by atoms with Crippen molar-refractivity contribution in [1.29, 1.82) is 0 Å². The Morgan fingerprint density at radius 2 is 2.29 bits per heavy atom. The lowest BCUT2D eigenvalue weighted by Gasteiger charge is -2.35. The molecule has 0 saturated heterocycles. The van der Waals surface area contributed by atoms with Crippen LogP contribution in [0, 0.1) is 0 Å². The zero-order valence-electron chi connectivity index (χ0n) is 13.6. The van der Waals surface area contributed by atoms with Crippen LogP contribution < -0.4 is 10.1 Å². The molecular formula is C16H21N5O3. The molecule has 1 fully saturated rings. The van der Waals surface area contributed by atoms with E-state index in [4.69, 9.17) is 4.74 Å². The number of hydrogen-bond acceptors (Lipinski definition) is 6. The van der Waals surface area contributed by atoms with Gasteiger partial charge in [-0.25, -0.2) is 0 Å². The molecule has 128 valence electrons. The van der Waals surface area contributed by atoms with Gasteiger partial charge in [-0.15, -0.1) is 10.2 Å². The normalized spacial score (nSPS) is 19.6. The molecule has 1 aliphatic rings. The number of aliphatic hydroxyl groups excluding tert-OH is 1. The summed E-state index contributed by atoms with van der Waals surface area (Å²) in [6.45, 7) is 2.59. The van der Waals surface area contributed by atoms with E-state index in [1.807, 2.05) is 11.5 Å². The van der Waals surface area contributed by atoms with E-state index in [1.165, 1.54) is 0 Å². The number of pyridine rings is 1. The van der Waals surface area contributed by atoms with Crippen molar-refractivity contribution in [3.63, 3.8) is 0 Å². The molecule has 0 bridgehead atoms. The van der Waals surface area contributed by atoms with Crippen LogP contribution >= 0.6 is 0 Å². The van der Waals surface area contributed by atoms with Gasteiger partial charge in [0.2, 0.25) is 0 Å². The Morgan fingerprint density at radius 3 is 2.96 bits per heavy atom. The Bertz CT molecular complexity index is 682. The molecule has 0 aromatic carbocycles. The quantitative estimate of drug-likeness (QED) is 0.771. The van der Waals surface area contributed by atoms with Crippen LogP contribution in [0.2, 0.25) is 0 Å². The minimum atomic E-state index is -0.143. The summed E-state index contributed by atoms with van der Waals surface area (Å²) >= 11 is 0. The van der Waals surface area contributed by atoms with Gasteiger partial charge in [0, 0.05) is 24.7 Å². The number of amides is 1. The van der Waals surface area contributed by atoms with Crippen molar-refractivity contribution in [3.8, 4) is 5.75 Å². The third-order valence-electron chi connectivity index (χ3n) is 4.19. The van der Waals surface area contributed by atoms with E-state index < -0.39 is 0 Å². The lowest BCUT2D eigenvalue weighted by Crippen LogP contribution is -2.45. The molecule has 1 amide bonds. The van der Waals surface area contributed by atoms with E-state index >= 15 is 0 Å². The summed E-state index contributed by atoms with van der Waals surface area (Å²) in [6.07, 6.45) is 4.87. The second-order valence-electron chi connectivity index (χ2n) is 5.79. The first-order valence-electron chi connectivity index (χ1n) is 8.06. The molecule has 2 aromatic rings. The minimum absolute atomic E-state index is 0.0212. The van der Waals surface area contributed by atoms with Crippen LogP contribution in [0.4, 0.5) is 0 Å². The average molecular weight is 331 g/mol. The minimum Gasteiger partial charge on any atom is -0.482 e. The molecule has 1 saturated carbocycles. The molecule has 8 nitrogen and oxygen atoms in total. The zero-order chi connectivity index (χ0) is 16.9. The number of rotatable bonds is 7. The summed E-state index contributed by atoms with van der Waals surface area (Å²) < 4.78 is 7.31. The summed E-state index contributed by atoms with van der Waals surface area (Å²) in [4.78, 5) is 15.8. The van der Waals surface area contributed by atoms with Crippen LogP contribution in [-0.4, -0.2) is 43.4 Å². The van der Waals surface area contributed by atoms with E-state index in [1.54, 1.807) is 24.5 Å². The van der Waals surface area contributed by atoms with Crippen LogP contribution in [0.1, 0.15) is 37.3 Å². The molecule has 2 aromatic heterocycles. The molecule has 0 unspecified atom stereocenters. The third kappa shape index (κ3) is 3.53. The first-order valence-corrected chi connectivity index (χ1v) is 8.06. The largest absolute Gasteiger partial charge is 0.482 e. The SMILES string of the molecule is CCn1c(CO)nnc1C1CC(NC(=O)COc2cccnc2)C1. The van der Waals surface area contributed by atoms with E-state index in [9.17, 15) is 9.90 Å². The number of ether oxygens (including phenoxy) is 1. The van der Waals surface area contributed by atoms with Crippen LogP contribution in [-0.2, 0) is 17.9 Å². The molecule has 0 spiro atoms. The number of nitrogens with one attached hydrogen (secondary N) is 1. The van der Waals surface area contributed by atoms with Crippen LogP contribution in [0.25, 0.3) is 0 Å². The van der Waals surface area contributed by atoms with Crippen molar-refractivity contribution in [1.82, 2.24) is 25.1 Å². The van der Waals surface area contributed by atoms with Gasteiger partial charge in [0.1, 0.15) is 18.2 Å². The van der Waals surface area contributed by atoms with Gasteiger partial charge < -0.3 is 19.7 Å². The number of hydrogen-bond donors (Lipinski definition) is 2. The molecule has 0 atom stereocenters. The third-order valence-corrected chi connectivity index (χ3v) is 4.19. The topological polar surface area (TPSA) is 102 Å². The average Bonchev–Trinajstić information content (AvgIpc) is 2.99. The van der Waals surface area contributed by atoms with Crippen molar-refractivity contribution < 1.29 is 14.6 Å². The fourth-order valence-electron chi connectivity index (χ4n) is 2.91. The molecule has 2 N–H and O–H groups in total. The smallest absolute Gasteiger partial charge is 0.258 e. The maximum absolute atomic E-state index is 11.9. The van der Waals surface area contributed by atoms with Crippen molar-refractivity contribution in [2.45, 2.75) is 44.9 Å². The highest BCUT2D eigenvalue weighted by atomic mass is 16.5. The highest BCUT2D eigenvalue weighted by Crippen LogP contribution is 2.36. The number of nitrogens with zero attached hydrogens (tertiary/aromatic N) is 4. The molecule has 2 heterocycles. The van der Waals surface area contributed by atoms with Gasteiger partial charge in [0.15, 0.2) is 12.4 Å². The highest BCUT2D eigenvalue weighted by Gasteiger charge is 2.35. The van der Waals surface area contributed by atoms with Gasteiger partial charge in [-0.1, -0.05) is 0 Å². The number of carbonyl (C=O) groups excluding carboxylic acids is 1. The summed E-state index contributed by atoms with van der Waals surface area (Å²) in [6, 6.07) is 3.64. The van der Waals surface area contributed by atoms with Gasteiger partial charge in [-0.2, -0.15) is 0 Å². The lowest BCUT2D eigenvalue weighted by atomic mass is 9.79. The molecule has 24 heavy (non-hydrogen) atoms. The predicted octanol–water partition coefficient (Wildman–Crippen LogP) is 0.626. The van der Waals surface area contributed by atoms with Crippen molar-refractivity contribution >= 4 is 5.91 Å². The fraction of sp³-hybridized carbons (Fsp3) is 0.500. The Labute approximate surface area is 139 Å². The number of aliphatic hydroxyl groups is 1. The summed E-state index contributed by atoms with van der Waals surface area (Å²) in [5.41, 5.74) is 0. The second kappa shape index (κ2) is 7.39. The van der Waals surface area contributed by atoms with Gasteiger partial charge >= 0.3 is 0 Å². The molecule has 8 heteroatoms. The van der Waals surface area contributed by atoms with E-state index in [2.05, 4.69) is 20.5 Å². The maximum Gasteiger partial charge on any atom is 0.258 e. The van der Waals surface area contributed by atoms with Gasteiger partial charge in [-0.3, -0.25) is 9.78 Å². The second-order valence-corrected chi connectivity index (χ2v) is 5.79. The summed E-state index contributed by atoms with van der Waals surface area (Å²) in [7, 11) is 0. The fourth-order valence-corrected chi connectivity index (χ4v) is 2.91.